The SMILES string of the molecule is NC(Cc1c[nH]c2ccc(O)cc12)C(=O)NC(CC(=O)O)C(=O)O.O.O.O. The highest BCUT2D eigenvalue weighted by atomic mass is 16.4. The summed E-state index contributed by atoms with van der Waals surface area (Å²) in [6.45, 7) is 0. The van der Waals surface area contributed by atoms with E-state index in [0.29, 0.717) is 10.9 Å². The number of carboxylic acid groups (broad SMARTS) is 2. The summed E-state index contributed by atoms with van der Waals surface area (Å²) in [4.78, 5) is 36.6. The molecule has 12 heteroatoms. The predicted octanol–water partition coefficient (Wildman–Crippen LogP) is -2.69. The molecule has 1 aromatic heterocycles. The first-order valence-electron chi connectivity index (χ1n) is 7.07. The van der Waals surface area contributed by atoms with Crippen LogP contribution in [0.3, 0.4) is 0 Å². The number of carbonyl (C=O) groups excluding carboxylic acids is 1. The molecule has 12 nitrogen and oxygen atoms in total. The van der Waals surface area contributed by atoms with Crippen LogP contribution in [0, 0.1) is 0 Å². The zero-order valence-corrected chi connectivity index (χ0v) is 14.0. The number of benzene rings is 1. The van der Waals surface area contributed by atoms with Gasteiger partial charge in [0.25, 0.3) is 0 Å². The van der Waals surface area contributed by atoms with Gasteiger partial charge in [0.1, 0.15) is 11.8 Å². The normalized spacial score (nSPS) is 11.9. The Bertz CT molecular complexity index is 790. The van der Waals surface area contributed by atoms with Crippen LogP contribution >= 0.6 is 0 Å². The van der Waals surface area contributed by atoms with Gasteiger partial charge in [0.05, 0.1) is 12.5 Å². The Morgan fingerprint density at radius 1 is 1.15 bits per heavy atom. The number of aromatic hydroxyl groups is 1. The van der Waals surface area contributed by atoms with Crippen LogP contribution in [0.1, 0.15) is 12.0 Å². The van der Waals surface area contributed by atoms with Crippen molar-refractivity contribution < 1.29 is 46.1 Å². The number of nitrogens with one attached hydrogen (secondary N) is 2. The molecular formula is C15H23N3O9. The zero-order valence-electron chi connectivity index (χ0n) is 14.0. The maximum absolute atomic E-state index is 12.0. The third-order valence-corrected chi connectivity index (χ3v) is 3.52. The van der Waals surface area contributed by atoms with Crippen molar-refractivity contribution in [2.24, 2.45) is 5.73 Å². The van der Waals surface area contributed by atoms with Crippen molar-refractivity contribution >= 4 is 28.7 Å². The molecule has 0 saturated carbocycles. The van der Waals surface area contributed by atoms with Gasteiger partial charge in [0, 0.05) is 17.1 Å². The van der Waals surface area contributed by atoms with Crippen LogP contribution in [-0.4, -0.2) is 66.7 Å². The van der Waals surface area contributed by atoms with E-state index in [4.69, 9.17) is 15.9 Å². The molecule has 1 aromatic carbocycles. The van der Waals surface area contributed by atoms with Crippen molar-refractivity contribution in [1.29, 1.82) is 0 Å². The van der Waals surface area contributed by atoms with Gasteiger partial charge in [-0.15, -0.1) is 0 Å². The second-order valence-electron chi connectivity index (χ2n) is 5.35. The van der Waals surface area contributed by atoms with Crippen molar-refractivity contribution in [1.82, 2.24) is 10.3 Å². The van der Waals surface area contributed by atoms with Gasteiger partial charge in [-0.2, -0.15) is 0 Å². The van der Waals surface area contributed by atoms with E-state index in [9.17, 15) is 19.5 Å². The minimum absolute atomic E-state index is 0. The molecule has 152 valence electrons. The lowest BCUT2D eigenvalue weighted by atomic mass is 10.0. The number of fused-ring (bicyclic) bond motifs is 1. The standard InChI is InChI=1S/C15H17N3O6.3H2O/c16-10(14(22)18-12(15(23)24)5-13(20)21)3-7-6-17-11-2-1-8(19)4-9(7)11;;;/h1-2,4,6,10,12,17,19H,3,5,16H2,(H,18,22)(H,20,21)(H,23,24);3*1H2. The Labute approximate surface area is 152 Å². The fraction of sp³-hybridized carbons (Fsp3) is 0.267. The van der Waals surface area contributed by atoms with E-state index in [1.165, 1.54) is 12.1 Å². The van der Waals surface area contributed by atoms with Crippen molar-refractivity contribution in [3.63, 3.8) is 0 Å². The molecule has 2 aromatic rings. The van der Waals surface area contributed by atoms with Crippen LogP contribution in [0.4, 0.5) is 0 Å². The second kappa shape index (κ2) is 10.7. The number of amides is 1. The number of phenols is 1. The number of carboxylic acids is 2. The lowest BCUT2D eigenvalue weighted by Gasteiger charge is -2.16. The molecule has 0 bridgehead atoms. The van der Waals surface area contributed by atoms with Gasteiger partial charge in [-0.1, -0.05) is 0 Å². The molecule has 0 aliphatic heterocycles. The first-order chi connectivity index (χ1) is 11.3. The molecule has 0 radical (unpaired) electrons. The number of phenolic OH excluding ortho intramolecular Hbond substituents is 1. The van der Waals surface area contributed by atoms with Gasteiger partial charge in [-0.05, 0) is 30.2 Å². The smallest absolute Gasteiger partial charge is 0.326 e. The Morgan fingerprint density at radius 3 is 2.33 bits per heavy atom. The van der Waals surface area contributed by atoms with Crippen LogP contribution in [0.2, 0.25) is 0 Å². The fourth-order valence-corrected chi connectivity index (χ4v) is 2.32. The van der Waals surface area contributed by atoms with E-state index in [-0.39, 0.29) is 28.6 Å². The monoisotopic (exact) mass is 389 g/mol. The van der Waals surface area contributed by atoms with E-state index in [2.05, 4.69) is 10.3 Å². The Balaban J connectivity index is 0. The molecule has 2 atom stereocenters. The summed E-state index contributed by atoms with van der Waals surface area (Å²) in [7, 11) is 0. The number of carbonyl (C=O) groups is 3. The third kappa shape index (κ3) is 6.56. The Morgan fingerprint density at radius 2 is 1.78 bits per heavy atom. The van der Waals surface area contributed by atoms with Crippen molar-refractivity contribution in [3.8, 4) is 5.75 Å². The van der Waals surface area contributed by atoms with Gasteiger partial charge < -0.3 is 47.8 Å². The van der Waals surface area contributed by atoms with E-state index in [1.807, 2.05) is 0 Å². The minimum Gasteiger partial charge on any atom is -0.508 e. The Kier molecular flexibility index (Phi) is 10.3. The molecular weight excluding hydrogens is 366 g/mol. The van der Waals surface area contributed by atoms with Gasteiger partial charge in [0.15, 0.2) is 0 Å². The van der Waals surface area contributed by atoms with Crippen molar-refractivity contribution in [2.75, 3.05) is 0 Å². The average molecular weight is 389 g/mol. The topological polar surface area (TPSA) is 260 Å². The summed E-state index contributed by atoms with van der Waals surface area (Å²) in [6, 6.07) is 2.09. The number of hydrogen-bond donors (Lipinski definition) is 6. The van der Waals surface area contributed by atoms with Crippen LogP contribution in [-0.2, 0) is 20.8 Å². The van der Waals surface area contributed by atoms with Gasteiger partial charge >= 0.3 is 11.9 Å². The van der Waals surface area contributed by atoms with Gasteiger partial charge in [-0.3, -0.25) is 9.59 Å². The van der Waals surface area contributed by atoms with E-state index in [0.717, 1.165) is 5.52 Å². The van der Waals surface area contributed by atoms with E-state index in [1.54, 1.807) is 12.3 Å². The van der Waals surface area contributed by atoms with Gasteiger partial charge in [-0.25, -0.2) is 4.79 Å². The van der Waals surface area contributed by atoms with Crippen molar-refractivity contribution in [2.45, 2.75) is 24.9 Å². The Hall–Kier alpha value is -3.19. The van der Waals surface area contributed by atoms with Crippen molar-refractivity contribution in [3.05, 3.63) is 30.0 Å². The second-order valence-corrected chi connectivity index (χ2v) is 5.35. The molecule has 0 saturated heterocycles. The molecule has 0 fully saturated rings. The number of nitrogens with two attached hydrogens (primary N) is 1. The molecule has 27 heavy (non-hydrogen) atoms. The molecule has 2 unspecified atom stereocenters. The molecule has 1 amide bonds. The summed E-state index contributed by atoms with van der Waals surface area (Å²) in [6.07, 6.45) is 0.993. The number of hydrogen-bond acceptors (Lipinski definition) is 5. The molecule has 2 rings (SSSR count). The summed E-state index contributed by atoms with van der Waals surface area (Å²) >= 11 is 0. The van der Waals surface area contributed by atoms with E-state index < -0.39 is 36.4 Å². The summed E-state index contributed by atoms with van der Waals surface area (Å²) in [5, 5.41) is 29.9. The summed E-state index contributed by atoms with van der Waals surface area (Å²) in [5.41, 5.74) is 7.22. The van der Waals surface area contributed by atoms with Crippen LogP contribution in [0.25, 0.3) is 10.9 Å². The minimum atomic E-state index is -1.55. The highest BCUT2D eigenvalue weighted by Crippen LogP contribution is 2.23. The first-order valence-corrected chi connectivity index (χ1v) is 7.07. The highest BCUT2D eigenvalue weighted by Gasteiger charge is 2.26. The lowest BCUT2D eigenvalue weighted by molar-refractivity contribution is -0.147. The van der Waals surface area contributed by atoms with Crippen LogP contribution in [0.15, 0.2) is 24.4 Å². The maximum Gasteiger partial charge on any atom is 0.326 e. The molecule has 13 N–H and O–H groups in total. The summed E-state index contributed by atoms with van der Waals surface area (Å²) < 4.78 is 0. The van der Waals surface area contributed by atoms with Gasteiger partial charge in [0.2, 0.25) is 5.91 Å². The molecule has 1 heterocycles. The lowest BCUT2D eigenvalue weighted by Crippen LogP contribution is -2.49. The number of H-pyrrole nitrogens is 1. The number of rotatable bonds is 7. The quantitative estimate of drug-likeness (QED) is 0.291. The third-order valence-electron chi connectivity index (χ3n) is 3.52. The molecule has 0 aliphatic rings. The first kappa shape index (κ1) is 26.0. The number of aromatic amines is 1. The number of aromatic nitrogens is 1. The van der Waals surface area contributed by atoms with Crippen LogP contribution in [0.5, 0.6) is 5.75 Å². The van der Waals surface area contributed by atoms with Crippen LogP contribution < -0.4 is 11.1 Å². The molecule has 0 aliphatic carbocycles. The molecule has 0 spiro atoms. The maximum atomic E-state index is 12.0. The predicted molar refractivity (Wildman–Crippen MR) is 94.3 cm³/mol. The fourth-order valence-electron chi connectivity index (χ4n) is 2.32. The highest BCUT2D eigenvalue weighted by molar-refractivity contribution is 5.90. The summed E-state index contributed by atoms with van der Waals surface area (Å²) in [5.74, 6) is -3.50. The number of aliphatic carboxylic acids is 2. The van der Waals surface area contributed by atoms with E-state index >= 15 is 0 Å². The largest absolute Gasteiger partial charge is 0.508 e. The average Bonchev–Trinajstić information content (AvgIpc) is 2.88. The zero-order chi connectivity index (χ0) is 17.9.